The van der Waals surface area contributed by atoms with Crippen molar-refractivity contribution >= 4 is 28.7 Å². The predicted molar refractivity (Wildman–Crippen MR) is 112 cm³/mol. The van der Waals surface area contributed by atoms with Gasteiger partial charge in [0.15, 0.2) is 0 Å². The Bertz CT molecular complexity index is 1330. The van der Waals surface area contributed by atoms with Crippen LogP contribution < -0.4 is 16.8 Å². The maximum absolute atomic E-state index is 13.4. The van der Waals surface area contributed by atoms with Crippen molar-refractivity contribution in [1.29, 1.82) is 0 Å². The lowest BCUT2D eigenvalue weighted by atomic mass is 10.1. The molecule has 2 heterocycles. The zero-order valence-corrected chi connectivity index (χ0v) is 16.5. The Morgan fingerprint density at radius 3 is 2.52 bits per heavy atom. The molecule has 0 aliphatic carbocycles. The lowest BCUT2D eigenvalue weighted by Gasteiger charge is -2.11. The molecule has 0 aliphatic rings. The van der Waals surface area contributed by atoms with Gasteiger partial charge in [-0.1, -0.05) is 18.2 Å². The first-order valence-electron chi connectivity index (χ1n) is 9.29. The number of primary amides is 2. The summed E-state index contributed by atoms with van der Waals surface area (Å²) in [5.41, 5.74) is 13.2. The van der Waals surface area contributed by atoms with Crippen LogP contribution in [0.4, 0.5) is 10.3 Å². The van der Waals surface area contributed by atoms with Crippen LogP contribution in [0, 0.1) is 12.7 Å². The number of hydrogen-bond acceptors (Lipinski definition) is 6. The number of aromatic nitrogens is 4. The van der Waals surface area contributed by atoms with Gasteiger partial charge in [0, 0.05) is 23.2 Å². The molecule has 4 aromatic rings. The third-order valence-electron chi connectivity index (χ3n) is 4.68. The molecule has 5 N–H and O–H groups in total. The fraction of sp³-hybridized carbons (Fsp3) is 0.0952. The number of benzene rings is 2. The molecule has 31 heavy (non-hydrogen) atoms. The van der Waals surface area contributed by atoms with E-state index in [2.05, 4.69) is 20.3 Å². The molecule has 2 amide bonds. The molecule has 0 atom stereocenters. The van der Waals surface area contributed by atoms with Crippen LogP contribution in [0.1, 0.15) is 32.2 Å². The molecule has 2 aromatic heterocycles. The zero-order valence-electron chi connectivity index (χ0n) is 16.5. The number of fused-ring (bicyclic) bond motifs is 1. The fourth-order valence-corrected chi connectivity index (χ4v) is 3.33. The van der Waals surface area contributed by atoms with Gasteiger partial charge in [0.05, 0.1) is 5.52 Å². The molecule has 0 bridgehead atoms. The van der Waals surface area contributed by atoms with Gasteiger partial charge in [-0.3, -0.25) is 14.2 Å². The van der Waals surface area contributed by atoms with Crippen LogP contribution in [0.15, 0.2) is 48.5 Å². The molecule has 0 unspecified atom stereocenters. The van der Waals surface area contributed by atoms with Gasteiger partial charge in [0.2, 0.25) is 23.6 Å². The van der Waals surface area contributed by atoms with E-state index in [4.69, 9.17) is 11.5 Å². The van der Waals surface area contributed by atoms with Gasteiger partial charge < -0.3 is 16.8 Å². The lowest BCUT2D eigenvalue weighted by molar-refractivity contribution is 0.0986. The molecule has 2 aromatic carbocycles. The first kappa shape index (κ1) is 20.0. The van der Waals surface area contributed by atoms with Crippen LogP contribution in [-0.2, 0) is 6.54 Å². The van der Waals surface area contributed by atoms with Crippen LogP contribution in [0.3, 0.4) is 0 Å². The molecule has 156 valence electrons. The summed E-state index contributed by atoms with van der Waals surface area (Å²) >= 11 is 0. The van der Waals surface area contributed by atoms with Gasteiger partial charge in [0.1, 0.15) is 5.82 Å². The molecule has 0 saturated heterocycles. The largest absolute Gasteiger partial charge is 0.366 e. The first-order chi connectivity index (χ1) is 14.8. The molecule has 0 spiro atoms. The summed E-state index contributed by atoms with van der Waals surface area (Å²) in [5, 5.41) is 3.59. The average molecular weight is 419 g/mol. The van der Waals surface area contributed by atoms with Crippen LogP contribution >= 0.6 is 0 Å². The van der Waals surface area contributed by atoms with Gasteiger partial charge in [-0.25, -0.2) is 4.39 Å². The smallest absolute Gasteiger partial charge is 0.286 e. The van der Waals surface area contributed by atoms with Gasteiger partial charge in [-0.15, -0.1) is 0 Å². The van der Waals surface area contributed by atoms with Gasteiger partial charge in [0.25, 0.3) is 5.91 Å². The molecular formula is C21H18FN7O2. The monoisotopic (exact) mass is 419 g/mol. The minimum Gasteiger partial charge on any atom is -0.366 e. The van der Waals surface area contributed by atoms with Crippen LogP contribution in [0.5, 0.6) is 0 Å². The molecule has 10 heteroatoms. The van der Waals surface area contributed by atoms with Crippen molar-refractivity contribution in [1.82, 2.24) is 19.5 Å². The quantitative estimate of drug-likeness (QED) is 0.437. The Labute approximate surface area is 175 Å². The number of nitrogens with one attached hydrogen (secondary N) is 1. The molecule has 0 fully saturated rings. The van der Waals surface area contributed by atoms with Gasteiger partial charge >= 0.3 is 0 Å². The number of anilines is 1. The van der Waals surface area contributed by atoms with Crippen molar-refractivity contribution in [2.24, 2.45) is 11.5 Å². The summed E-state index contributed by atoms with van der Waals surface area (Å²) in [7, 11) is 0. The minimum absolute atomic E-state index is 0.0929. The van der Waals surface area contributed by atoms with E-state index >= 15 is 0 Å². The highest BCUT2D eigenvalue weighted by Crippen LogP contribution is 2.26. The average Bonchev–Trinajstić information content (AvgIpc) is 3.07. The number of carbonyl (C=O) groups excluding carboxylic acids is 2. The van der Waals surface area contributed by atoms with Gasteiger partial charge in [-0.05, 0) is 42.8 Å². The predicted octanol–water partition coefficient (Wildman–Crippen LogP) is 2.07. The number of nitrogens with two attached hydrogens (primary N) is 2. The maximum atomic E-state index is 13.4. The van der Waals surface area contributed by atoms with E-state index in [1.54, 1.807) is 47.9 Å². The standard InChI is InChI=1S/C21H18FN7O2/c1-11-8-15-14(17(23)30)6-3-7-16(15)29(11)21-27-19(18(24)31)26-20(28-21)25-10-12-4-2-5-13(22)9-12/h2-9H,10H2,1H3,(H2,23,30)(H2,24,31)(H,25,26,27,28). The normalized spacial score (nSPS) is 10.9. The van der Waals surface area contributed by atoms with E-state index in [1.807, 2.05) is 0 Å². The molecular weight excluding hydrogens is 401 g/mol. The van der Waals surface area contributed by atoms with E-state index in [-0.39, 0.29) is 30.1 Å². The van der Waals surface area contributed by atoms with Crippen molar-refractivity contribution in [3.05, 3.63) is 77.0 Å². The first-order valence-corrected chi connectivity index (χ1v) is 9.29. The number of amides is 2. The van der Waals surface area contributed by atoms with Crippen molar-refractivity contribution in [3.8, 4) is 5.95 Å². The second-order valence-electron chi connectivity index (χ2n) is 6.85. The summed E-state index contributed by atoms with van der Waals surface area (Å²) in [6.45, 7) is 2.02. The molecule has 0 aliphatic heterocycles. The fourth-order valence-electron chi connectivity index (χ4n) is 3.33. The Hall–Kier alpha value is -4.34. The van der Waals surface area contributed by atoms with E-state index in [0.717, 1.165) is 0 Å². The lowest BCUT2D eigenvalue weighted by Crippen LogP contribution is -2.20. The van der Waals surface area contributed by atoms with Crippen LogP contribution in [0.25, 0.3) is 16.9 Å². The van der Waals surface area contributed by atoms with Crippen molar-refractivity contribution in [2.45, 2.75) is 13.5 Å². The molecule has 0 saturated carbocycles. The van der Waals surface area contributed by atoms with E-state index in [9.17, 15) is 14.0 Å². The third kappa shape index (κ3) is 3.90. The number of carbonyl (C=O) groups is 2. The Kier molecular flexibility index (Phi) is 5.04. The summed E-state index contributed by atoms with van der Waals surface area (Å²) in [5.74, 6) is -1.76. The SMILES string of the molecule is Cc1cc2c(C(N)=O)cccc2n1-c1nc(NCc2cccc(F)c2)nc(C(N)=O)n1. The van der Waals surface area contributed by atoms with E-state index in [1.165, 1.54) is 12.1 Å². The topological polar surface area (TPSA) is 142 Å². The second-order valence-corrected chi connectivity index (χ2v) is 6.85. The van der Waals surface area contributed by atoms with Crippen molar-refractivity contribution < 1.29 is 14.0 Å². The Morgan fingerprint density at radius 2 is 1.81 bits per heavy atom. The molecule has 0 radical (unpaired) electrons. The molecule has 9 nitrogen and oxygen atoms in total. The number of hydrogen-bond donors (Lipinski definition) is 3. The summed E-state index contributed by atoms with van der Waals surface area (Å²) < 4.78 is 15.1. The number of nitrogens with zero attached hydrogens (tertiary/aromatic N) is 4. The Morgan fingerprint density at radius 1 is 1.03 bits per heavy atom. The van der Waals surface area contributed by atoms with Crippen LogP contribution in [0.2, 0.25) is 0 Å². The highest BCUT2D eigenvalue weighted by molar-refractivity contribution is 6.06. The zero-order chi connectivity index (χ0) is 22.1. The summed E-state index contributed by atoms with van der Waals surface area (Å²) in [6, 6.07) is 12.9. The Balaban J connectivity index is 1.80. The summed E-state index contributed by atoms with van der Waals surface area (Å²) in [6.07, 6.45) is 0. The number of halogens is 1. The van der Waals surface area contributed by atoms with E-state index in [0.29, 0.717) is 27.7 Å². The molecule has 4 rings (SSSR count). The third-order valence-corrected chi connectivity index (χ3v) is 4.68. The van der Waals surface area contributed by atoms with Crippen molar-refractivity contribution in [3.63, 3.8) is 0 Å². The number of aryl methyl sites for hydroxylation is 1. The van der Waals surface area contributed by atoms with Gasteiger partial charge in [-0.2, -0.15) is 15.0 Å². The highest BCUT2D eigenvalue weighted by Gasteiger charge is 2.18. The number of rotatable bonds is 6. The van der Waals surface area contributed by atoms with E-state index < -0.39 is 11.8 Å². The maximum Gasteiger partial charge on any atom is 0.286 e. The van der Waals surface area contributed by atoms with Crippen molar-refractivity contribution in [2.75, 3.05) is 5.32 Å². The highest BCUT2D eigenvalue weighted by atomic mass is 19.1. The van der Waals surface area contributed by atoms with Crippen LogP contribution in [-0.4, -0.2) is 31.3 Å². The second kappa shape index (κ2) is 7.82. The minimum atomic E-state index is -0.829. The summed E-state index contributed by atoms with van der Waals surface area (Å²) in [4.78, 5) is 36.2.